The monoisotopic (exact) mass is 1030 g/mol. The van der Waals surface area contributed by atoms with E-state index in [0.717, 1.165) is 44.9 Å². The molecule has 0 aliphatic carbocycles. The summed E-state index contributed by atoms with van der Waals surface area (Å²) in [4.78, 5) is 24.5. The van der Waals surface area contributed by atoms with Gasteiger partial charge in [-0.3, -0.25) is 9.59 Å². The van der Waals surface area contributed by atoms with Gasteiger partial charge in [-0.1, -0.05) is 294 Å². The number of carbonyl (C=O) groups is 2. The zero-order chi connectivity index (χ0) is 52.9. The third-order valence-corrected chi connectivity index (χ3v) is 15.1. The summed E-state index contributed by atoms with van der Waals surface area (Å²) in [5.74, 6) is -0.0582. The minimum Gasteiger partial charge on any atom is -0.466 e. The lowest BCUT2D eigenvalue weighted by molar-refractivity contribution is -0.143. The molecule has 0 saturated heterocycles. The number of esters is 1. The number of carbonyl (C=O) groups excluding carboxylic acids is 2. The summed E-state index contributed by atoms with van der Waals surface area (Å²) in [6.45, 7) is 4.89. The Morgan fingerprint density at radius 2 is 0.644 bits per heavy atom. The highest BCUT2D eigenvalue weighted by molar-refractivity contribution is 5.76. The standard InChI is InChI=1S/C67H127NO5/c1-3-5-7-9-11-13-15-16-17-35-38-41-45-49-53-57-61-67(72)73-62-58-54-50-46-42-39-36-33-31-29-27-25-23-21-19-18-20-22-24-26-28-30-32-34-37-40-44-48-52-56-60-66(71)68-64(63-69)65(70)59-55-51-47-43-14-12-10-8-6-4-2/h17,19,21,35,55,59,64-65,69-70H,3-16,18,20,22-34,36-54,56-58,60-63H2,1-2H3,(H,68,71)/b21-19-,35-17-,59-55+. The minimum absolute atomic E-state index is 0.00943. The van der Waals surface area contributed by atoms with E-state index in [-0.39, 0.29) is 18.5 Å². The fraction of sp³-hybridized carbons (Fsp3) is 0.881. The summed E-state index contributed by atoms with van der Waals surface area (Å²) < 4.78 is 5.49. The third kappa shape index (κ3) is 59.2. The van der Waals surface area contributed by atoms with Gasteiger partial charge in [0.25, 0.3) is 0 Å². The average Bonchev–Trinajstić information content (AvgIpc) is 3.39. The number of hydrogen-bond acceptors (Lipinski definition) is 5. The Kier molecular flexibility index (Phi) is 61.0. The maximum absolute atomic E-state index is 12.4. The van der Waals surface area contributed by atoms with Crippen molar-refractivity contribution in [2.24, 2.45) is 0 Å². The first-order chi connectivity index (χ1) is 36.0. The van der Waals surface area contributed by atoms with Crippen molar-refractivity contribution in [2.45, 2.75) is 366 Å². The maximum atomic E-state index is 12.4. The molecular weight excluding hydrogens is 899 g/mol. The van der Waals surface area contributed by atoms with Crippen LogP contribution < -0.4 is 5.32 Å². The van der Waals surface area contributed by atoms with Crippen LogP contribution in [0.3, 0.4) is 0 Å². The van der Waals surface area contributed by atoms with Gasteiger partial charge in [0.1, 0.15) is 0 Å². The van der Waals surface area contributed by atoms with Crippen molar-refractivity contribution in [3.8, 4) is 0 Å². The van der Waals surface area contributed by atoms with Gasteiger partial charge >= 0.3 is 5.97 Å². The molecular formula is C67H127NO5. The highest BCUT2D eigenvalue weighted by atomic mass is 16.5. The number of allylic oxidation sites excluding steroid dienone is 5. The predicted octanol–water partition coefficient (Wildman–Crippen LogP) is 20.8. The molecule has 0 radical (unpaired) electrons. The Hall–Kier alpha value is -1.92. The molecule has 0 aliphatic rings. The van der Waals surface area contributed by atoms with Gasteiger partial charge in [0.15, 0.2) is 0 Å². The normalized spacial score (nSPS) is 12.8. The van der Waals surface area contributed by atoms with Crippen LogP contribution in [0.2, 0.25) is 0 Å². The van der Waals surface area contributed by atoms with E-state index in [1.807, 2.05) is 6.08 Å². The molecule has 6 nitrogen and oxygen atoms in total. The zero-order valence-corrected chi connectivity index (χ0v) is 49.1. The minimum atomic E-state index is -0.841. The van der Waals surface area contributed by atoms with E-state index >= 15 is 0 Å². The van der Waals surface area contributed by atoms with Gasteiger partial charge in [-0.25, -0.2) is 0 Å². The molecule has 0 fully saturated rings. The summed E-state index contributed by atoms with van der Waals surface area (Å²) >= 11 is 0. The lowest BCUT2D eigenvalue weighted by Crippen LogP contribution is -2.45. The second kappa shape index (κ2) is 62.6. The van der Waals surface area contributed by atoms with E-state index in [1.165, 1.54) is 283 Å². The third-order valence-electron chi connectivity index (χ3n) is 15.1. The van der Waals surface area contributed by atoms with Gasteiger partial charge in [-0.15, -0.1) is 0 Å². The van der Waals surface area contributed by atoms with E-state index in [9.17, 15) is 19.8 Å². The number of aliphatic hydroxyl groups is 2. The van der Waals surface area contributed by atoms with Gasteiger partial charge in [-0.2, -0.15) is 0 Å². The summed E-state index contributed by atoms with van der Waals surface area (Å²) in [6, 6.07) is -0.625. The summed E-state index contributed by atoms with van der Waals surface area (Å²) in [6.07, 6.45) is 79.3. The number of rotatable bonds is 61. The number of unbranched alkanes of at least 4 members (excludes halogenated alkanes) is 46. The highest BCUT2D eigenvalue weighted by Crippen LogP contribution is 2.17. The molecule has 430 valence electrons. The van der Waals surface area contributed by atoms with E-state index in [0.29, 0.717) is 19.4 Å². The van der Waals surface area contributed by atoms with E-state index in [1.54, 1.807) is 6.08 Å². The van der Waals surface area contributed by atoms with Crippen molar-refractivity contribution < 1.29 is 24.5 Å². The Labute approximate surface area is 455 Å². The maximum Gasteiger partial charge on any atom is 0.305 e. The number of aliphatic hydroxyl groups excluding tert-OH is 2. The van der Waals surface area contributed by atoms with E-state index in [2.05, 4.69) is 43.5 Å². The van der Waals surface area contributed by atoms with E-state index in [4.69, 9.17) is 4.74 Å². The Morgan fingerprint density at radius 1 is 0.370 bits per heavy atom. The molecule has 0 aromatic heterocycles. The van der Waals surface area contributed by atoms with Crippen LogP contribution in [0.5, 0.6) is 0 Å². The smallest absolute Gasteiger partial charge is 0.305 e. The van der Waals surface area contributed by atoms with Crippen LogP contribution in [-0.2, 0) is 14.3 Å². The number of ether oxygens (including phenoxy) is 1. The molecule has 1 amide bonds. The number of hydrogen-bond donors (Lipinski definition) is 3. The fourth-order valence-electron chi connectivity index (χ4n) is 10.1. The van der Waals surface area contributed by atoms with Crippen LogP contribution in [0.4, 0.5) is 0 Å². The highest BCUT2D eigenvalue weighted by Gasteiger charge is 2.18. The Bertz CT molecular complexity index is 1180. The fourth-order valence-corrected chi connectivity index (χ4v) is 10.1. The van der Waals surface area contributed by atoms with Crippen LogP contribution in [0, 0.1) is 0 Å². The van der Waals surface area contributed by atoms with Crippen molar-refractivity contribution in [1.82, 2.24) is 5.32 Å². The number of nitrogens with one attached hydrogen (secondary N) is 1. The second-order valence-electron chi connectivity index (χ2n) is 22.4. The van der Waals surface area contributed by atoms with Crippen molar-refractivity contribution in [1.29, 1.82) is 0 Å². The lowest BCUT2D eigenvalue weighted by Gasteiger charge is -2.20. The van der Waals surface area contributed by atoms with E-state index < -0.39 is 12.1 Å². The number of amides is 1. The summed E-state index contributed by atoms with van der Waals surface area (Å²) in [7, 11) is 0. The SMILES string of the molecule is CCCCCCCCC/C=C\CCCCCCCC(=O)OCCCCCCCCCCCCCC/C=C\CCCCCCCCCCCCCCCCC(=O)NC(CO)C(O)/C=C/CCCCCCCCCC. The molecule has 0 rings (SSSR count). The van der Waals surface area contributed by atoms with Crippen molar-refractivity contribution >= 4 is 11.9 Å². The van der Waals surface area contributed by atoms with Crippen LogP contribution in [0.1, 0.15) is 354 Å². The zero-order valence-electron chi connectivity index (χ0n) is 49.1. The summed E-state index contributed by atoms with van der Waals surface area (Å²) in [5, 5.41) is 23.0. The van der Waals surface area contributed by atoms with Gasteiger partial charge in [-0.05, 0) is 83.5 Å². The Balaban J connectivity index is 3.35. The molecule has 0 saturated carbocycles. The van der Waals surface area contributed by atoms with Crippen LogP contribution >= 0.6 is 0 Å². The van der Waals surface area contributed by atoms with Gasteiger partial charge in [0.2, 0.25) is 5.91 Å². The molecule has 73 heavy (non-hydrogen) atoms. The van der Waals surface area contributed by atoms with Crippen LogP contribution in [0.25, 0.3) is 0 Å². The molecule has 0 bridgehead atoms. The topological polar surface area (TPSA) is 95.9 Å². The first kappa shape index (κ1) is 71.1. The van der Waals surface area contributed by atoms with Crippen molar-refractivity contribution in [3.05, 3.63) is 36.5 Å². The molecule has 2 unspecified atom stereocenters. The van der Waals surface area contributed by atoms with Crippen LogP contribution in [-0.4, -0.2) is 47.4 Å². The second-order valence-corrected chi connectivity index (χ2v) is 22.4. The molecule has 0 aromatic carbocycles. The van der Waals surface area contributed by atoms with Crippen molar-refractivity contribution in [2.75, 3.05) is 13.2 Å². The quantitative estimate of drug-likeness (QED) is 0.0320. The largest absolute Gasteiger partial charge is 0.466 e. The molecule has 0 aliphatic heterocycles. The average molecular weight is 1030 g/mol. The first-order valence-electron chi connectivity index (χ1n) is 32.8. The van der Waals surface area contributed by atoms with Crippen LogP contribution in [0.15, 0.2) is 36.5 Å². The Morgan fingerprint density at radius 3 is 0.973 bits per heavy atom. The molecule has 0 aromatic rings. The molecule has 0 heterocycles. The van der Waals surface area contributed by atoms with Gasteiger partial charge in [0, 0.05) is 12.8 Å². The lowest BCUT2D eigenvalue weighted by atomic mass is 10.0. The molecule has 2 atom stereocenters. The molecule has 0 spiro atoms. The molecule has 3 N–H and O–H groups in total. The van der Waals surface area contributed by atoms with Gasteiger partial charge in [0.05, 0.1) is 25.4 Å². The predicted molar refractivity (Wildman–Crippen MR) is 319 cm³/mol. The summed E-state index contributed by atoms with van der Waals surface area (Å²) in [5.41, 5.74) is 0. The first-order valence-corrected chi connectivity index (χ1v) is 32.8. The molecule has 6 heteroatoms. The van der Waals surface area contributed by atoms with Gasteiger partial charge < -0.3 is 20.3 Å². The van der Waals surface area contributed by atoms with Crippen molar-refractivity contribution in [3.63, 3.8) is 0 Å².